The van der Waals surface area contributed by atoms with Crippen LogP contribution in [0.1, 0.15) is 28.2 Å². The Bertz CT molecular complexity index is 1400. The number of benzene rings is 2. The molecular weight excluding hydrogens is 452 g/mol. The lowest BCUT2D eigenvalue weighted by Gasteiger charge is -2.14. The van der Waals surface area contributed by atoms with E-state index in [2.05, 4.69) is 25.5 Å². The number of aromatic amines is 2. The Kier molecular flexibility index (Phi) is 7.07. The number of amides is 1. The topological polar surface area (TPSA) is 126 Å². The highest BCUT2D eigenvalue weighted by molar-refractivity contribution is 7.99. The zero-order valence-electron chi connectivity index (χ0n) is 18.8. The third kappa shape index (κ3) is 5.70. The fourth-order valence-corrected chi connectivity index (χ4v) is 4.27. The maximum absolute atomic E-state index is 12.5. The molecule has 174 valence electrons. The minimum absolute atomic E-state index is 0.121. The van der Waals surface area contributed by atoms with Crippen LogP contribution in [0.3, 0.4) is 0 Å². The van der Waals surface area contributed by atoms with E-state index < -0.39 is 11.2 Å². The van der Waals surface area contributed by atoms with Crippen LogP contribution in [-0.4, -0.2) is 36.4 Å². The molecule has 2 aromatic carbocycles. The summed E-state index contributed by atoms with van der Waals surface area (Å²) in [5.41, 5.74) is 3.31. The van der Waals surface area contributed by atoms with Crippen molar-refractivity contribution in [1.29, 1.82) is 0 Å². The summed E-state index contributed by atoms with van der Waals surface area (Å²) in [6, 6.07) is 17.1. The molecule has 2 heterocycles. The molecule has 34 heavy (non-hydrogen) atoms. The van der Waals surface area contributed by atoms with E-state index >= 15 is 0 Å². The van der Waals surface area contributed by atoms with Crippen LogP contribution in [0.5, 0.6) is 0 Å². The SMILES string of the molecule is Cc1ccc(C)c(-n2c(Cc3cc(=O)[nH]c(=O)[nH]3)nnc2SCC(=O)NCc2ccccc2)c1. The zero-order valence-corrected chi connectivity index (χ0v) is 19.6. The number of rotatable bonds is 8. The molecule has 0 aliphatic rings. The van der Waals surface area contributed by atoms with E-state index in [9.17, 15) is 14.4 Å². The number of H-pyrrole nitrogens is 2. The van der Waals surface area contributed by atoms with Crippen molar-refractivity contribution in [2.24, 2.45) is 0 Å². The van der Waals surface area contributed by atoms with Crippen molar-refractivity contribution in [2.45, 2.75) is 32.0 Å². The molecule has 0 bridgehead atoms. The Hall–Kier alpha value is -3.92. The normalized spacial score (nSPS) is 10.9. The first-order valence-electron chi connectivity index (χ1n) is 10.7. The van der Waals surface area contributed by atoms with Gasteiger partial charge in [0.05, 0.1) is 11.4 Å². The van der Waals surface area contributed by atoms with Gasteiger partial charge in [-0.1, -0.05) is 54.2 Å². The quantitative estimate of drug-likeness (QED) is 0.335. The van der Waals surface area contributed by atoms with Gasteiger partial charge < -0.3 is 10.3 Å². The first-order valence-corrected chi connectivity index (χ1v) is 11.7. The van der Waals surface area contributed by atoms with Crippen LogP contribution in [0.15, 0.2) is 69.3 Å². The van der Waals surface area contributed by atoms with Crippen molar-refractivity contribution in [1.82, 2.24) is 30.0 Å². The Morgan fingerprint density at radius 1 is 1.03 bits per heavy atom. The maximum Gasteiger partial charge on any atom is 0.325 e. The predicted octanol–water partition coefficient (Wildman–Crippen LogP) is 2.26. The molecule has 0 unspecified atom stereocenters. The number of hydrogen-bond acceptors (Lipinski definition) is 6. The van der Waals surface area contributed by atoms with Gasteiger partial charge in [-0.05, 0) is 36.6 Å². The molecule has 10 heteroatoms. The van der Waals surface area contributed by atoms with Crippen LogP contribution in [0.4, 0.5) is 0 Å². The van der Waals surface area contributed by atoms with Gasteiger partial charge in [-0.15, -0.1) is 10.2 Å². The predicted molar refractivity (Wildman–Crippen MR) is 130 cm³/mol. The third-order valence-corrected chi connectivity index (χ3v) is 6.06. The molecular formula is C24H24N6O3S. The first kappa shape index (κ1) is 23.2. The summed E-state index contributed by atoms with van der Waals surface area (Å²) in [6.07, 6.45) is 0.195. The van der Waals surface area contributed by atoms with Crippen molar-refractivity contribution in [3.8, 4) is 5.69 Å². The fourth-order valence-electron chi connectivity index (χ4n) is 3.47. The molecule has 2 aromatic heterocycles. The molecule has 0 spiro atoms. The monoisotopic (exact) mass is 476 g/mol. The standard InChI is InChI=1S/C24H24N6O3S/c1-15-8-9-16(2)19(10-15)30-20(11-18-12-21(31)27-23(33)26-18)28-29-24(30)34-14-22(32)25-13-17-6-4-3-5-7-17/h3-10,12H,11,13-14H2,1-2H3,(H,25,32)(H2,26,27,31,33). The summed E-state index contributed by atoms with van der Waals surface area (Å²) < 4.78 is 1.87. The van der Waals surface area contributed by atoms with E-state index in [-0.39, 0.29) is 18.1 Å². The van der Waals surface area contributed by atoms with Gasteiger partial charge in [0.25, 0.3) is 5.56 Å². The van der Waals surface area contributed by atoms with Gasteiger partial charge >= 0.3 is 5.69 Å². The number of aryl methyl sites for hydroxylation is 2. The molecule has 0 radical (unpaired) electrons. The lowest BCUT2D eigenvalue weighted by molar-refractivity contribution is -0.118. The van der Waals surface area contributed by atoms with E-state index in [0.717, 1.165) is 22.4 Å². The van der Waals surface area contributed by atoms with Crippen molar-refractivity contribution < 1.29 is 4.79 Å². The Morgan fingerprint density at radius 2 is 1.82 bits per heavy atom. The highest BCUT2D eigenvalue weighted by Gasteiger charge is 2.18. The lowest BCUT2D eigenvalue weighted by atomic mass is 10.1. The number of carbonyl (C=O) groups excluding carboxylic acids is 1. The minimum Gasteiger partial charge on any atom is -0.351 e. The average Bonchev–Trinajstić information content (AvgIpc) is 3.20. The van der Waals surface area contributed by atoms with Crippen molar-refractivity contribution in [2.75, 3.05) is 5.75 Å². The van der Waals surface area contributed by atoms with Gasteiger partial charge in [0.1, 0.15) is 5.82 Å². The smallest absolute Gasteiger partial charge is 0.325 e. The molecule has 0 aliphatic carbocycles. The molecule has 0 atom stereocenters. The average molecular weight is 477 g/mol. The fraction of sp³-hybridized carbons (Fsp3) is 0.208. The Labute approximate surface area is 199 Å². The van der Waals surface area contributed by atoms with Crippen molar-refractivity contribution in [3.05, 3.63) is 104 Å². The molecule has 9 nitrogen and oxygen atoms in total. The summed E-state index contributed by atoms with van der Waals surface area (Å²) in [7, 11) is 0. The summed E-state index contributed by atoms with van der Waals surface area (Å²) in [5, 5.41) is 12.1. The van der Waals surface area contributed by atoms with Crippen molar-refractivity contribution in [3.63, 3.8) is 0 Å². The second-order valence-electron chi connectivity index (χ2n) is 7.86. The van der Waals surface area contributed by atoms with Crippen molar-refractivity contribution >= 4 is 17.7 Å². The van der Waals surface area contributed by atoms with Gasteiger partial charge in [0, 0.05) is 24.7 Å². The summed E-state index contributed by atoms with van der Waals surface area (Å²) in [5.74, 6) is 0.587. The first-order chi connectivity index (χ1) is 16.4. The molecule has 4 rings (SSSR count). The molecule has 4 aromatic rings. The van der Waals surface area contributed by atoms with Crippen LogP contribution in [0.25, 0.3) is 5.69 Å². The van der Waals surface area contributed by atoms with Crippen LogP contribution in [0, 0.1) is 13.8 Å². The van der Waals surface area contributed by atoms with Gasteiger partial charge in [-0.2, -0.15) is 0 Å². The molecule has 0 aliphatic heterocycles. The van der Waals surface area contributed by atoms with Gasteiger partial charge in [0.15, 0.2) is 5.16 Å². The molecule has 0 fully saturated rings. The van der Waals surface area contributed by atoms with Gasteiger partial charge in [-0.25, -0.2) is 4.79 Å². The van der Waals surface area contributed by atoms with Crippen LogP contribution >= 0.6 is 11.8 Å². The zero-order chi connectivity index (χ0) is 24.1. The lowest BCUT2D eigenvalue weighted by Crippen LogP contribution is -2.24. The number of thioether (sulfide) groups is 1. The summed E-state index contributed by atoms with van der Waals surface area (Å²) in [6.45, 7) is 4.42. The second kappa shape index (κ2) is 10.3. The van der Waals surface area contributed by atoms with E-state index in [0.29, 0.717) is 23.2 Å². The van der Waals surface area contributed by atoms with Gasteiger partial charge in [0.2, 0.25) is 5.91 Å². The number of nitrogens with one attached hydrogen (secondary N) is 3. The minimum atomic E-state index is -0.579. The van der Waals surface area contributed by atoms with E-state index in [1.807, 2.05) is 66.9 Å². The van der Waals surface area contributed by atoms with Crippen LogP contribution in [-0.2, 0) is 17.8 Å². The number of carbonyl (C=O) groups is 1. The van der Waals surface area contributed by atoms with E-state index in [1.165, 1.54) is 17.8 Å². The van der Waals surface area contributed by atoms with Gasteiger partial charge in [-0.3, -0.25) is 19.1 Å². The summed E-state index contributed by atoms with van der Waals surface area (Å²) >= 11 is 1.27. The second-order valence-corrected chi connectivity index (χ2v) is 8.81. The molecule has 3 N–H and O–H groups in total. The summed E-state index contributed by atoms with van der Waals surface area (Å²) in [4.78, 5) is 40.7. The number of nitrogens with zero attached hydrogens (tertiary/aromatic N) is 3. The third-order valence-electron chi connectivity index (χ3n) is 5.14. The maximum atomic E-state index is 12.5. The Balaban J connectivity index is 1.59. The largest absolute Gasteiger partial charge is 0.351 e. The number of hydrogen-bond donors (Lipinski definition) is 3. The van der Waals surface area contributed by atoms with E-state index in [4.69, 9.17) is 0 Å². The highest BCUT2D eigenvalue weighted by atomic mass is 32.2. The number of aromatic nitrogens is 5. The molecule has 0 saturated carbocycles. The molecule has 1 amide bonds. The highest BCUT2D eigenvalue weighted by Crippen LogP contribution is 2.26. The molecule has 0 saturated heterocycles. The van der Waals surface area contributed by atoms with Crippen LogP contribution in [0.2, 0.25) is 0 Å². The Morgan fingerprint density at radius 3 is 2.59 bits per heavy atom. The van der Waals surface area contributed by atoms with E-state index in [1.54, 1.807) is 0 Å². The van der Waals surface area contributed by atoms with Crippen LogP contribution < -0.4 is 16.6 Å².